The van der Waals surface area contributed by atoms with Crippen LogP contribution in [0, 0.1) is 5.92 Å². The second-order valence-corrected chi connectivity index (χ2v) is 6.33. The van der Waals surface area contributed by atoms with Crippen LogP contribution < -0.4 is 5.32 Å². The number of nitrogens with zero attached hydrogens (tertiary/aromatic N) is 2. The number of rotatable bonds is 5. The first kappa shape index (κ1) is 18.2. The van der Waals surface area contributed by atoms with Crippen LogP contribution >= 0.6 is 12.4 Å². The molecule has 2 amide bonds. The third kappa shape index (κ3) is 4.10. The van der Waals surface area contributed by atoms with E-state index in [1.807, 2.05) is 4.90 Å². The standard InChI is InChI=1S/C15H27N3O2.ClH/c1-11(2)10-13(14(19)16-3)18-9-4-6-12(18)15(20)17-7-5-8-17;/h11-13H,4-10H2,1-3H3,(H,16,19);1H/t12-,13+;/m0./s1. The molecule has 0 aromatic rings. The molecule has 0 spiro atoms. The summed E-state index contributed by atoms with van der Waals surface area (Å²) in [5, 5.41) is 2.76. The summed E-state index contributed by atoms with van der Waals surface area (Å²) in [4.78, 5) is 28.7. The zero-order chi connectivity index (χ0) is 14.7. The van der Waals surface area contributed by atoms with E-state index in [1.165, 1.54) is 0 Å². The molecule has 5 nitrogen and oxygen atoms in total. The Labute approximate surface area is 133 Å². The fraction of sp³-hybridized carbons (Fsp3) is 0.867. The third-order valence-electron chi connectivity index (χ3n) is 4.39. The summed E-state index contributed by atoms with van der Waals surface area (Å²) in [6, 6.07) is -0.255. The summed E-state index contributed by atoms with van der Waals surface area (Å²) in [6.07, 6.45) is 3.82. The molecule has 0 unspecified atom stereocenters. The van der Waals surface area contributed by atoms with Gasteiger partial charge < -0.3 is 10.2 Å². The van der Waals surface area contributed by atoms with Gasteiger partial charge in [-0.2, -0.15) is 0 Å². The first-order valence-corrected chi connectivity index (χ1v) is 7.80. The van der Waals surface area contributed by atoms with Crippen LogP contribution in [0.15, 0.2) is 0 Å². The molecule has 2 heterocycles. The molecule has 2 fully saturated rings. The number of likely N-dealkylation sites (N-methyl/N-ethyl adjacent to an activating group) is 1. The predicted octanol–water partition coefficient (Wildman–Crippen LogP) is 1.27. The van der Waals surface area contributed by atoms with Crippen molar-refractivity contribution in [3.63, 3.8) is 0 Å². The van der Waals surface area contributed by atoms with E-state index in [-0.39, 0.29) is 36.3 Å². The van der Waals surface area contributed by atoms with E-state index in [0.29, 0.717) is 5.92 Å². The van der Waals surface area contributed by atoms with Crippen LogP contribution in [0.25, 0.3) is 0 Å². The van der Waals surface area contributed by atoms with Crippen molar-refractivity contribution in [1.82, 2.24) is 15.1 Å². The number of hydrogen-bond donors (Lipinski definition) is 1. The van der Waals surface area contributed by atoms with Gasteiger partial charge in [0.05, 0.1) is 12.1 Å². The van der Waals surface area contributed by atoms with E-state index in [9.17, 15) is 9.59 Å². The Bertz CT molecular complexity index is 372. The predicted molar refractivity (Wildman–Crippen MR) is 85.5 cm³/mol. The number of carbonyl (C=O) groups is 2. The van der Waals surface area contributed by atoms with Crippen molar-refractivity contribution in [1.29, 1.82) is 0 Å². The number of likely N-dealkylation sites (tertiary alicyclic amines) is 2. The maximum atomic E-state index is 12.5. The number of nitrogens with one attached hydrogen (secondary N) is 1. The van der Waals surface area contributed by atoms with Crippen LogP contribution in [0.5, 0.6) is 0 Å². The van der Waals surface area contributed by atoms with Gasteiger partial charge >= 0.3 is 0 Å². The fourth-order valence-electron chi connectivity index (χ4n) is 3.18. The largest absolute Gasteiger partial charge is 0.358 e. The minimum absolute atomic E-state index is 0. The molecule has 0 saturated carbocycles. The summed E-state index contributed by atoms with van der Waals surface area (Å²) in [5.74, 6) is 0.714. The highest BCUT2D eigenvalue weighted by molar-refractivity contribution is 5.86. The highest BCUT2D eigenvalue weighted by Gasteiger charge is 2.40. The van der Waals surface area contributed by atoms with E-state index in [1.54, 1.807) is 7.05 Å². The van der Waals surface area contributed by atoms with Crippen LogP contribution in [0.3, 0.4) is 0 Å². The Morgan fingerprint density at radius 1 is 1.19 bits per heavy atom. The van der Waals surface area contributed by atoms with Crippen LogP contribution in [0.1, 0.15) is 39.5 Å². The van der Waals surface area contributed by atoms with E-state index in [0.717, 1.165) is 45.3 Å². The SMILES string of the molecule is CNC(=O)[C@@H](CC(C)C)N1CCC[C@H]1C(=O)N1CCC1.Cl. The van der Waals surface area contributed by atoms with E-state index < -0.39 is 0 Å². The van der Waals surface area contributed by atoms with E-state index in [4.69, 9.17) is 0 Å². The average Bonchev–Trinajstić information content (AvgIpc) is 2.81. The molecule has 2 saturated heterocycles. The van der Waals surface area contributed by atoms with E-state index >= 15 is 0 Å². The summed E-state index contributed by atoms with van der Waals surface area (Å²) in [6.45, 7) is 6.88. The van der Waals surface area contributed by atoms with Gasteiger partial charge in [0.2, 0.25) is 11.8 Å². The molecule has 0 bridgehead atoms. The molecule has 2 atom stereocenters. The van der Waals surface area contributed by atoms with Crippen molar-refractivity contribution < 1.29 is 9.59 Å². The number of amides is 2. The topological polar surface area (TPSA) is 52.7 Å². The first-order chi connectivity index (χ1) is 9.54. The number of halogens is 1. The minimum atomic E-state index is -0.169. The lowest BCUT2D eigenvalue weighted by Gasteiger charge is -2.38. The van der Waals surface area contributed by atoms with Crippen LogP contribution in [0.4, 0.5) is 0 Å². The van der Waals surface area contributed by atoms with Gasteiger partial charge in [-0.1, -0.05) is 13.8 Å². The zero-order valence-corrected chi connectivity index (χ0v) is 14.1. The second kappa shape index (κ2) is 7.99. The van der Waals surface area contributed by atoms with Crippen molar-refractivity contribution >= 4 is 24.2 Å². The maximum Gasteiger partial charge on any atom is 0.239 e. The third-order valence-corrected chi connectivity index (χ3v) is 4.39. The lowest BCUT2D eigenvalue weighted by molar-refractivity contribution is -0.142. The van der Waals surface area contributed by atoms with Crippen molar-refractivity contribution in [2.75, 3.05) is 26.7 Å². The monoisotopic (exact) mass is 317 g/mol. The average molecular weight is 318 g/mol. The molecule has 2 aliphatic rings. The highest BCUT2D eigenvalue weighted by Crippen LogP contribution is 2.26. The normalized spacial score (nSPS) is 23.4. The van der Waals surface area contributed by atoms with Gasteiger partial charge in [-0.05, 0) is 38.1 Å². The summed E-state index contributed by atoms with van der Waals surface area (Å²) < 4.78 is 0. The zero-order valence-electron chi connectivity index (χ0n) is 13.3. The lowest BCUT2D eigenvalue weighted by atomic mass is 10.00. The molecule has 2 rings (SSSR count). The quantitative estimate of drug-likeness (QED) is 0.830. The van der Waals surface area contributed by atoms with Gasteiger partial charge in [0, 0.05) is 20.1 Å². The second-order valence-electron chi connectivity index (χ2n) is 6.33. The van der Waals surface area contributed by atoms with Crippen LogP contribution in [0.2, 0.25) is 0 Å². The van der Waals surface area contributed by atoms with Gasteiger partial charge in [-0.3, -0.25) is 14.5 Å². The van der Waals surface area contributed by atoms with Crippen molar-refractivity contribution in [3.05, 3.63) is 0 Å². The number of hydrogen-bond acceptors (Lipinski definition) is 3. The Morgan fingerprint density at radius 2 is 1.86 bits per heavy atom. The lowest BCUT2D eigenvalue weighted by Crippen LogP contribution is -2.56. The Balaban J connectivity index is 0.00000220. The minimum Gasteiger partial charge on any atom is -0.358 e. The summed E-state index contributed by atoms with van der Waals surface area (Å²) in [7, 11) is 1.68. The molecular formula is C15H28ClN3O2. The molecule has 0 aliphatic carbocycles. The van der Waals surface area contributed by atoms with E-state index in [2.05, 4.69) is 24.1 Å². The number of carbonyl (C=O) groups excluding carboxylic acids is 2. The molecule has 0 radical (unpaired) electrons. The van der Waals surface area contributed by atoms with Crippen LogP contribution in [-0.4, -0.2) is 60.4 Å². The molecule has 6 heteroatoms. The maximum absolute atomic E-state index is 12.5. The van der Waals surface area contributed by atoms with Crippen molar-refractivity contribution in [3.8, 4) is 0 Å². The van der Waals surface area contributed by atoms with Crippen molar-refractivity contribution in [2.45, 2.75) is 51.6 Å². The molecule has 1 N–H and O–H groups in total. The first-order valence-electron chi connectivity index (χ1n) is 7.80. The molecule has 21 heavy (non-hydrogen) atoms. The Hall–Kier alpha value is -0.810. The smallest absolute Gasteiger partial charge is 0.239 e. The van der Waals surface area contributed by atoms with Crippen LogP contribution in [-0.2, 0) is 9.59 Å². The van der Waals surface area contributed by atoms with Gasteiger partial charge in [-0.15, -0.1) is 12.4 Å². The molecule has 122 valence electrons. The molecule has 0 aromatic carbocycles. The Kier molecular flexibility index (Phi) is 6.94. The van der Waals surface area contributed by atoms with Gasteiger partial charge in [-0.25, -0.2) is 0 Å². The fourth-order valence-corrected chi connectivity index (χ4v) is 3.18. The summed E-state index contributed by atoms with van der Waals surface area (Å²) >= 11 is 0. The van der Waals surface area contributed by atoms with Gasteiger partial charge in [0.1, 0.15) is 0 Å². The van der Waals surface area contributed by atoms with Gasteiger partial charge in [0.25, 0.3) is 0 Å². The molecular weight excluding hydrogens is 290 g/mol. The molecule has 0 aromatic heterocycles. The Morgan fingerprint density at radius 3 is 2.33 bits per heavy atom. The van der Waals surface area contributed by atoms with Gasteiger partial charge in [0.15, 0.2) is 0 Å². The van der Waals surface area contributed by atoms with Crippen molar-refractivity contribution in [2.24, 2.45) is 5.92 Å². The molecule has 2 aliphatic heterocycles. The summed E-state index contributed by atoms with van der Waals surface area (Å²) in [5.41, 5.74) is 0. The highest BCUT2D eigenvalue weighted by atomic mass is 35.5.